The van der Waals surface area contributed by atoms with Crippen LogP contribution in [-0.4, -0.2) is 95.3 Å². The average molecular weight is 795 g/mol. The second-order valence-electron chi connectivity index (χ2n) is 18.1. The number of amides is 1. The molecule has 1 amide bonds. The summed E-state index contributed by atoms with van der Waals surface area (Å²) in [5.41, 5.74) is 4.29. The lowest BCUT2D eigenvalue weighted by atomic mass is 9.45. The lowest BCUT2D eigenvalue weighted by molar-refractivity contribution is -0.192. The molecule has 0 radical (unpaired) electrons. The Hall–Kier alpha value is -3.20. The summed E-state index contributed by atoms with van der Waals surface area (Å²) in [6.45, 7) is 18.0. The number of halogens is 3. The van der Waals surface area contributed by atoms with E-state index >= 15 is 0 Å². The van der Waals surface area contributed by atoms with Gasteiger partial charge in [0, 0.05) is 43.8 Å². The number of benzene rings is 2. The van der Waals surface area contributed by atoms with Crippen LogP contribution in [0.25, 0.3) is 0 Å². The molecule has 0 spiro atoms. The molecule has 2 aromatic carbocycles. The fraction of sp³-hybridized carbons (Fsp3) is 0.659. The van der Waals surface area contributed by atoms with Crippen molar-refractivity contribution in [3.8, 4) is 5.75 Å². The first kappa shape index (κ1) is 44.5. The SMILES string of the molecule is Cc1ccc(CN(Cc2cccc(CN3C(C(=O)N[C@H]4C[C@H]5C[C@@H]([C@@H]4C)C5(C)C)CCS3(=O)=O)c2)[C@H](CN(C)C)CC(C)(C)C)c(O)c1.O=C(O)C(F)(F)F. The maximum absolute atomic E-state index is 13.7. The molecule has 2 bridgehead atoms. The topological polar surface area (TPSA) is 130 Å². The summed E-state index contributed by atoms with van der Waals surface area (Å²) in [5, 5.41) is 21.3. The number of carbonyl (C=O) groups excluding carboxylic acids is 1. The molecular weight excluding hydrogens is 734 g/mol. The van der Waals surface area contributed by atoms with Crippen LogP contribution in [0.15, 0.2) is 42.5 Å². The molecule has 1 aliphatic heterocycles. The molecule has 6 rings (SSSR count). The number of carboxylic acids is 1. The van der Waals surface area contributed by atoms with Gasteiger partial charge < -0.3 is 20.4 Å². The maximum Gasteiger partial charge on any atom is 0.490 e. The summed E-state index contributed by atoms with van der Waals surface area (Å²) < 4.78 is 59.9. The number of aromatic hydroxyl groups is 1. The van der Waals surface area contributed by atoms with Crippen molar-refractivity contribution in [1.29, 1.82) is 0 Å². The van der Waals surface area contributed by atoms with Crippen LogP contribution in [-0.2, 0) is 39.2 Å². The lowest BCUT2D eigenvalue weighted by Crippen LogP contribution is -2.61. The molecule has 2 aromatic rings. The van der Waals surface area contributed by atoms with E-state index in [4.69, 9.17) is 9.90 Å². The van der Waals surface area contributed by atoms with Crippen molar-refractivity contribution < 1.29 is 41.4 Å². The van der Waals surface area contributed by atoms with Gasteiger partial charge in [-0.05, 0) is 98.0 Å². The van der Waals surface area contributed by atoms with Crippen LogP contribution in [0.4, 0.5) is 13.2 Å². The predicted molar refractivity (Wildman–Crippen MR) is 207 cm³/mol. The molecule has 4 fully saturated rings. The van der Waals surface area contributed by atoms with Crippen LogP contribution < -0.4 is 5.32 Å². The maximum atomic E-state index is 13.7. The largest absolute Gasteiger partial charge is 0.508 e. The van der Waals surface area contributed by atoms with Crippen LogP contribution in [0.1, 0.15) is 89.5 Å². The minimum Gasteiger partial charge on any atom is -0.508 e. The summed E-state index contributed by atoms with van der Waals surface area (Å²) in [6, 6.07) is 13.7. The van der Waals surface area contributed by atoms with Crippen molar-refractivity contribution in [3.63, 3.8) is 0 Å². The van der Waals surface area contributed by atoms with E-state index in [1.807, 2.05) is 37.3 Å². The Labute approximate surface area is 325 Å². The number of sulfonamides is 1. The summed E-state index contributed by atoms with van der Waals surface area (Å²) in [6.07, 6.45) is -1.59. The molecule has 3 N–H and O–H groups in total. The Bertz CT molecular complexity index is 1780. The molecule has 308 valence electrons. The average Bonchev–Trinajstić information content (AvgIpc) is 3.34. The van der Waals surface area contributed by atoms with E-state index in [1.165, 1.54) is 10.7 Å². The molecule has 3 saturated carbocycles. The fourth-order valence-corrected chi connectivity index (χ4v) is 10.5. The summed E-state index contributed by atoms with van der Waals surface area (Å²) >= 11 is 0. The quantitative estimate of drug-likeness (QED) is 0.214. The molecule has 3 aliphatic carbocycles. The van der Waals surface area contributed by atoms with E-state index in [1.54, 1.807) is 0 Å². The first-order valence-electron chi connectivity index (χ1n) is 19.1. The molecule has 0 aromatic heterocycles. The van der Waals surface area contributed by atoms with Crippen LogP contribution in [0, 0.1) is 35.5 Å². The van der Waals surface area contributed by atoms with E-state index in [9.17, 15) is 31.5 Å². The predicted octanol–water partition coefficient (Wildman–Crippen LogP) is 6.79. The zero-order valence-corrected chi connectivity index (χ0v) is 34.6. The second kappa shape index (κ2) is 17.1. The molecule has 1 saturated heterocycles. The number of nitrogens with zero attached hydrogens (tertiary/aromatic N) is 3. The van der Waals surface area contributed by atoms with Crippen molar-refractivity contribution in [2.45, 2.75) is 118 Å². The minimum atomic E-state index is -5.08. The van der Waals surface area contributed by atoms with Crippen molar-refractivity contribution >= 4 is 21.9 Å². The summed E-state index contributed by atoms with van der Waals surface area (Å²) in [5.74, 6) is -1.01. The summed E-state index contributed by atoms with van der Waals surface area (Å²) in [4.78, 5) is 27.2. The molecule has 6 atom stereocenters. The molecule has 1 unspecified atom stereocenters. The monoisotopic (exact) mass is 794 g/mol. The van der Waals surface area contributed by atoms with Gasteiger partial charge in [0.05, 0.1) is 5.75 Å². The van der Waals surface area contributed by atoms with Crippen molar-refractivity contribution in [2.24, 2.45) is 28.6 Å². The van der Waals surface area contributed by atoms with Gasteiger partial charge in [-0.15, -0.1) is 0 Å². The number of rotatable bonds is 12. The number of fused-ring (bicyclic) bond motifs is 2. The van der Waals surface area contributed by atoms with Crippen LogP contribution in [0.3, 0.4) is 0 Å². The number of phenols is 1. The Morgan fingerprint density at radius 2 is 1.67 bits per heavy atom. The number of carbonyl (C=O) groups is 2. The Morgan fingerprint density at radius 3 is 2.22 bits per heavy atom. The zero-order valence-electron chi connectivity index (χ0n) is 33.8. The van der Waals surface area contributed by atoms with Gasteiger partial charge in [0.15, 0.2) is 0 Å². The number of likely N-dealkylation sites (N-methyl/N-ethyl adjacent to an activating group) is 1. The minimum absolute atomic E-state index is 0.00385. The van der Waals surface area contributed by atoms with E-state index in [0.717, 1.165) is 41.6 Å². The molecule has 14 heteroatoms. The van der Waals surface area contributed by atoms with E-state index in [0.29, 0.717) is 48.4 Å². The van der Waals surface area contributed by atoms with Gasteiger partial charge in [0.2, 0.25) is 15.9 Å². The van der Waals surface area contributed by atoms with Crippen LogP contribution >= 0.6 is 0 Å². The van der Waals surface area contributed by atoms with E-state index < -0.39 is 28.2 Å². The first-order chi connectivity index (χ1) is 25.3. The highest BCUT2D eigenvalue weighted by Crippen LogP contribution is 2.61. The highest BCUT2D eigenvalue weighted by atomic mass is 32.2. The van der Waals surface area contributed by atoms with Crippen LogP contribution in [0.2, 0.25) is 0 Å². The number of alkyl halides is 3. The van der Waals surface area contributed by atoms with Gasteiger partial charge in [0.25, 0.3) is 0 Å². The highest BCUT2D eigenvalue weighted by molar-refractivity contribution is 7.89. The molecular formula is C41H61F3N4O6S. The highest BCUT2D eigenvalue weighted by Gasteiger charge is 2.57. The van der Waals surface area contributed by atoms with Crippen molar-refractivity contribution in [1.82, 2.24) is 19.4 Å². The van der Waals surface area contributed by atoms with Crippen LogP contribution in [0.5, 0.6) is 5.75 Å². The van der Waals surface area contributed by atoms with Crippen molar-refractivity contribution in [3.05, 3.63) is 64.7 Å². The van der Waals surface area contributed by atoms with Gasteiger partial charge in [-0.3, -0.25) is 9.69 Å². The zero-order chi connectivity index (χ0) is 41.3. The third kappa shape index (κ3) is 11.4. The number of hydrogen-bond acceptors (Lipinski definition) is 7. The standard InChI is InChI=1S/C39H60N4O4S.C2HF3O2/c1-26-13-14-30(36(44)17-26)24-42(32(25-41(8)9)21-38(3,4)5)22-28-11-10-12-29(18-28)23-43-35(15-16-48(43,46)47)37(45)40-34-20-31-19-33(27(34)2)39(31,6)7;3-2(4,5)1(6)7/h10-14,17-18,27,31-35,44H,15-16,19-25H2,1-9H3,(H,40,45);(H,6,7)/t27-,31+,32-,33-,34-,35?;/m0./s1. The molecule has 1 heterocycles. The van der Waals surface area contributed by atoms with E-state index in [-0.39, 0.29) is 35.7 Å². The van der Waals surface area contributed by atoms with Crippen molar-refractivity contribution in [2.75, 3.05) is 26.4 Å². The molecule has 4 aliphatic rings. The smallest absolute Gasteiger partial charge is 0.490 e. The number of aryl methyl sites for hydroxylation is 1. The van der Waals surface area contributed by atoms with Gasteiger partial charge in [-0.2, -0.15) is 17.5 Å². The first-order valence-corrected chi connectivity index (χ1v) is 20.7. The lowest BCUT2D eigenvalue weighted by Gasteiger charge is -2.62. The normalized spacial score (nSPS) is 25.2. The molecule has 55 heavy (non-hydrogen) atoms. The number of nitrogens with one attached hydrogen (secondary N) is 1. The van der Waals surface area contributed by atoms with E-state index in [2.05, 4.69) is 82.9 Å². The number of aliphatic carboxylic acids is 1. The third-order valence-corrected chi connectivity index (χ3v) is 13.7. The Kier molecular flexibility index (Phi) is 13.9. The molecule has 10 nitrogen and oxygen atoms in total. The van der Waals surface area contributed by atoms with Gasteiger partial charge >= 0.3 is 12.1 Å². The number of carboxylic acid groups (broad SMARTS) is 1. The third-order valence-electron chi connectivity index (χ3n) is 11.9. The fourth-order valence-electron chi connectivity index (χ4n) is 8.82. The van der Waals surface area contributed by atoms with Gasteiger partial charge in [-0.1, -0.05) is 77.9 Å². The number of hydrogen-bond donors (Lipinski definition) is 3. The Balaban J connectivity index is 0.000000876. The summed E-state index contributed by atoms with van der Waals surface area (Å²) in [7, 11) is 0.635. The Morgan fingerprint density at radius 1 is 1.04 bits per heavy atom. The second-order valence-corrected chi connectivity index (χ2v) is 20.1. The number of phenolic OH excluding ortho intramolecular Hbond substituents is 1. The van der Waals surface area contributed by atoms with Gasteiger partial charge in [-0.25, -0.2) is 13.2 Å². The van der Waals surface area contributed by atoms with Gasteiger partial charge in [0.1, 0.15) is 11.8 Å².